The smallest absolute Gasteiger partial charge is 0.255 e. The highest BCUT2D eigenvalue weighted by molar-refractivity contribution is 9.10. The summed E-state index contributed by atoms with van der Waals surface area (Å²) in [4.78, 5) is 12.4. The Morgan fingerprint density at radius 2 is 2.00 bits per heavy atom. The zero-order chi connectivity index (χ0) is 16.4. The Morgan fingerprint density at radius 1 is 1.21 bits per heavy atom. The first-order valence-corrected chi connectivity index (χ1v) is 8.84. The number of carbonyl (C=O) groups excluding carboxylic acids is 1. The van der Waals surface area contributed by atoms with Crippen molar-refractivity contribution in [3.8, 4) is 5.75 Å². The van der Waals surface area contributed by atoms with Crippen molar-refractivity contribution in [2.24, 2.45) is 0 Å². The molecular formula is C17H17Br2ClN2O2. The van der Waals surface area contributed by atoms with Crippen LogP contribution in [0.3, 0.4) is 0 Å². The molecule has 0 aromatic heterocycles. The van der Waals surface area contributed by atoms with Gasteiger partial charge in [-0.2, -0.15) is 0 Å². The minimum Gasteiger partial charge on any atom is -0.496 e. The van der Waals surface area contributed by atoms with Crippen LogP contribution >= 0.6 is 44.3 Å². The third-order valence-electron chi connectivity index (χ3n) is 3.83. The fourth-order valence-corrected chi connectivity index (χ4v) is 3.89. The summed E-state index contributed by atoms with van der Waals surface area (Å²) in [6.45, 7) is 1.81. The molecule has 2 aromatic carbocycles. The van der Waals surface area contributed by atoms with Crippen molar-refractivity contribution in [1.82, 2.24) is 5.32 Å². The number of hydrogen-bond acceptors (Lipinski definition) is 3. The molecule has 0 radical (unpaired) electrons. The number of nitrogens with one attached hydrogen (secondary N) is 2. The molecule has 128 valence electrons. The molecule has 0 spiro atoms. The van der Waals surface area contributed by atoms with Gasteiger partial charge in [0.05, 0.1) is 11.6 Å². The summed E-state index contributed by atoms with van der Waals surface area (Å²) >= 11 is 7.01. The molecule has 3 rings (SSSR count). The normalized spacial score (nSPS) is 12.8. The van der Waals surface area contributed by atoms with Gasteiger partial charge in [-0.1, -0.05) is 15.9 Å². The highest BCUT2D eigenvalue weighted by atomic mass is 79.9. The monoisotopic (exact) mass is 474 g/mol. The Hall–Kier alpha value is -1.08. The van der Waals surface area contributed by atoms with Crippen LogP contribution in [0.25, 0.3) is 0 Å². The molecule has 24 heavy (non-hydrogen) atoms. The molecule has 0 saturated carbocycles. The van der Waals surface area contributed by atoms with E-state index in [1.165, 1.54) is 11.1 Å². The van der Waals surface area contributed by atoms with Crippen LogP contribution in [0.4, 0.5) is 5.69 Å². The summed E-state index contributed by atoms with van der Waals surface area (Å²) in [6.07, 6.45) is 0.996. The van der Waals surface area contributed by atoms with Gasteiger partial charge in [-0.05, 0) is 70.4 Å². The van der Waals surface area contributed by atoms with Crippen molar-refractivity contribution < 1.29 is 9.53 Å². The highest BCUT2D eigenvalue weighted by Crippen LogP contribution is 2.29. The van der Waals surface area contributed by atoms with E-state index in [1.807, 2.05) is 12.1 Å². The zero-order valence-electron chi connectivity index (χ0n) is 13.0. The molecule has 0 aliphatic carbocycles. The summed E-state index contributed by atoms with van der Waals surface area (Å²) in [5.41, 5.74) is 3.90. The summed E-state index contributed by atoms with van der Waals surface area (Å²) in [5, 5.41) is 6.30. The van der Waals surface area contributed by atoms with Gasteiger partial charge in [0.15, 0.2) is 0 Å². The fourth-order valence-electron chi connectivity index (χ4n) is 2.65. The van der Waals surface area contributed by atoms with Crippen molar-refractivity contribution in [3.05, 3.63) is 56.0 Å². The third kappa shape index (κ3) is 4.11. The average Bonchev–Trinajstić information content (AvgIpc) is 2.54. The van der Waals surface area contributed by atoms with Crippen molar-refractivity contribution >= 4 is 55.9 Å². The molecule has 0 fully saturated rings. The number of halogens is 3. The second-order valence-electron chi connectivity index (χ2n) is 5.33. The molecule has 2 aromatic rings. The number of rotatable bonds is 3. The maximum absolute atomic E-state index is 12.4. The van der Waals surface area contributed by atoms with Crippen LogP contribution in [0, 0.1) is 0 Å². The van der Waals surface area contributed by atoms with Crippen LogP contribution in [0.5, 0.6) is 5.75 Å². The van der Waals surface area contributed by atoms with E-state index < -0.39 is 0 Å². The third-order valence-corrected chi connectivity index (χ3v) is 5.15. The number of carbonyl (C=O) groups is 1. The van der Waals surface area contributed by atoms with Crippen molar-refractivity contribution in [2.75, 3.05) is 19.0 Å². The van der Waals surface area contributed by atoms with Gasteiger partial charge in [-0.3, -0.25) is 4.79 Å². The quantitative estimate of drug-likeness (QED) is 0.684. The van der Waals surface area contributed by atoms with Crippen molar-refractivity contribution in [1.29, 1.82) is 0 Å². The summed E-state index contributed by atoms with van der Waals surface area (Å²) in [6, 6.07) is 9.26. The van der Waals surface area contributed by atoms with E-state index in [9.17, 15) is 4.79 Å². The minimum absolute atomic E-state index is 0. The van der Waals surface area contributed by atoms with E-state index in [0.717, 1.165) is 34.1 Å². The van der Waals surface area contributed by atoms with E-state index in [1.54, 1.807) is 25.3 Å². The van der Waals surface area contributed by atoms with Crippen molar-refractivity contribution in [3.63, 3.8) is 0 Å². The van der Waals surface area contributed by atoms with Gasteiger partial charge in [0.2, 0.25) is 0 Å². The first-order chi connectivity index (χ1) is 11.1. The predicted octanol–water partition coefficient (Wildman–Crippen LogP) is 4.54. The number of hydrogen-bond donors (Lipinski definition) is 2. The maximum atomic E-state index is 12.4. The number of anilines is 1. The van der Waals surface area contributed by atoms with Crippen LogP contribution in [-0.2, 0) is 13.0 Å². The lowest BCUT2D eigenvalue weighted by Crippen LogP contribution is -2.24. The summed E-state index contributed by atoms with van der Waals surface area (Å²) in [7, 11) is 1.60. The zero-order valence-corrected chi connectivity index (χ0v) is 17.0. The van der Waals surface area contributed by atoms with Gasteiger partial charge < -0.3 is 15.4 Å². The number of methoxy groups -OCH3 is 1. The van der Waals surface area contributed by atoms with Gasteiger partial charge >= 0.3 is 0 Å². The summed E-state index contributed by atoms with van der Waals surface area (Å²) in [5.74, 6) is 0.549. The molecule has 1 aliphatic rings. The lowest BCUT2D eigenvalue weighted by atomic mass is 10.0. The van der Waals surface area contributed by atoms with Gasteiger partial charge in [-0.25, -0.2) is 0 Å². The van der Waals surface area contributed by atoms with Crippen LogP contribution in [0.2, 0.25) is 0 Å². The molecule has 0 bridgehead atoms. The lowest BCUT2D eigenvalue weighted by molar-refractivity contribution is 0.102. The van der Waals surface area contributed by atoms with Crippen LogP contribution in [0.15, 0.2) is 39.3 Å². The SMILES string of the molecule is COc1ccc(C(=O)Nc2cc(Br)c3c(c2)CNCC3)cc1Br.Cl. The lowest BCUT2D eigenvalue weighted by Gasteiger charge is -2.20. The van der Waals surface area contributed by atoms with E-state index >= 15 is 0 Å². The fraction of sp³-hybridized carbons (Fsp3) is 0.235. The number of fused-ring (bicyclic) bond motifs is 1. The standard InChI is InChI=1S/C17H16Br2N2O2.ClH/c1-23-16-3-2-10(7-15(16)19)17(22)21-12-6-11-9-20-5-4-13(11)14(18)8-12;/h2-3,6-8,20H,4-5,9H2,1H3,(H,21,22);1H. The maximum Gasteiger partial charge on any atom is 0.255 e. The largest absolute Gasteiger partial charge is 0.496 e. The molecule has 7 heteroatoms. The number of amides is 1. The van der Waals surface area contributed by atoms with Gasteiger partial charge in [0.25, 0.3) is 5.91 Å². The Morgan fingerprint density at radius 3 is 2.71 bits per heavy atom. The molecule has 0 atom stereocenters. The first kappa shape index (κ1) is 19.2. The second-order valence-corrected chi connectivity index (χ2v) is 7.03. The Kier molecular flexibility index (Phi) is 6.69. The van der Waals surface area contributed by atoms with E-state index in [-0.39, 0.29) is 18.3 Å². The van der Waals surface area contributed by atoms with Gasteiger partial charge in [0, 0.05) is 22.3 Å². The summed E-state index contributed by atoms with van der Waals surface area (Å²) < 4.78 is 6.98. The van der Waals surface area contributed by atoms with E-state index in [2.05, 4.69) is 42.5 Å². The second kappa shape index (κ2) is 8.34. The molecule has 1 amide bonds. The van der Waals surface area contributed by atoms with E-state index in [0.29, 0.717) is 11.3 Å². The van der Waals surface area contributed by atoms with Crippen LogP contribution < -0.4 is 15.4 Å². The Bertz CT molecular complexity index is 768. The molecular weight excluding hydrogens is 459 g/mol. The molecule has 0 saturated heterocycles. The molecule has 1 heterocycles. The molecule has 4 nitrogen and oxygen atoms in total. The molecule has 2 N–H and O–H groups in total. The molecule has 0 unspecified atom stereocenters. The topological polar surface area (TPSA) is 50.4 Å². The highest BCUT2D eigenvalue weighted by Gasteiger charge is 2.15. The van der Waals surface area contributed by atoms with Crippen molar-refractivity contribution in [2.45, 2.75) is 13.0 Å². The Labute approximate surface area is 164 Å². The number of ether oxygens (including phenoxy) is 1. The Balaban J connectivity index is 0.00000208. The van der Waals surface area contributed by atoms with Crippen LogP contribution in [0.1, 0.15) is 21.5 Å². The number of benzene rings is 2. The van der Waals surface area contributed by atoms with Crippen LogP contribution in [-0.4, -0.2) is 19.6 Å². The average molecular weight is 477 g/mol. The van der Waals surface area contributed by atoms with Gasteiger partial charge in [0.1, 0.15) is 5.75 Å². The minimum atomic E-state index is -0.149. The first-order valence-electron chi connectivity index (χ1n) is 7.25. The molecule has 1 aliphatic heterocycles. The van der Waals surface area contributed by atoms with E-state index in [4.69, 9.17) is 4.74 Å². The predicted molar refractivity (Wildman–Crippen MR) is 105 cm³/mol. The van der Waals surface area contributed by atoms with Gasteiger partial charge in [-0.15, -0.1) is 12.4 Å².